The van der Waals surface area contributed by atoms with E-state index >= 15 is 0 Å². The van der Waals surface area contributed by atoms with Crippen molar-refractivity contribution in [2.45, 2.75) is 25.5 Å². The summed E-state index contributed by atoms with van der Waals surface area (Å²) < 4.78 is 0. The van der Waals surface area contributed by atoms with Crippen molar-refractivity contribution < 1.29 is 5.11 Å². The van der Waals surface area contributed by atoms with Crippen LogP contribution < -0.4 is 4.90 Å². The van der Waals surface area contributed by atoms with Crippen molar-refractivity contribution in [2.75, 3.05) is 50.7 Å². The van der Waals surface area contributed by atoms with E-state index in [-0.39, 0.29) is 6.23 Å². The Morgan fingerprint density at radius 3 is 2.36 bits per heavy atom. The summed E-state index contributed by atoms with van der Waals surface area (Å²) in [6.45, 7) is 7.61. The van der Waals surface area contributed by atoms with Crippen LogP contribution in [0.15, 0.2) is 24.3 Å². The van der Waals surface area contributed by atoms with Crippen LogP contribution in [0.5, 0.6) is 0 Å². The van der Waals surface area contributed by atoms with Crippen molar-refractivity contribution in [3.8, 4) is 0 Å². The standard InChI is InChI=1S/C17H26ClN3O/c18-15-4-6-16(7-5-15)20-13-11-19(12-14-20)8-2-10-21-9-1-3-17(21)22/h4-7,17,22H,1-3,8-14H2. The lowest BCUT2D eigenvalue weighted by Gasteiger charge is -2.36. The highest BCUT2D eigenvalue weighted by molar-refractivity contribution is 6.30. The van der Waals surface area contributed by atoms with Crippen LogP contribution in [0.3, 0.4) is 0 Å². The molecule has 22 heavy (non-hydrogen) atoms. The number of halogens is 1. The predicted octanol–water partition coefficient (Wildman–Crippen LogP) is 2.27. The zero-order chi connectivity index (χ0) is 15.4. The molecule has 3 rings (SSSR count). The number of piperazine rings is 1. The number of hydrogen-bond acceptors (Lipinski definition) is 4. The van der Waals surface area contributed by atoms with E-state index in [1.54, 1.807) is 0 Å². The van der Waals surface area contributed by atoms with E-state index in [1.165, 1.54) is 5.69 Å². The van der Waals surface area contributed by atoms with Crippen LogP contribution in [-0.2, 0) is 0 Å². The van der Waals surface area contributed by atoms with E-state index in [0.717, 1.165) is 70.1 Å². The summed E-state index contributed by atoms with van der Waals surface area (Å²) in [5.41, 5.74) is 1.27. The first-order chi connectivity index (χ1) is 10.7. The van der Waals surface area contributed by atoms with Gasteiger partial charge in [-0.15, -0.1) is 0 Å². The molecule has 2 aliphatic rings. The Hall–Kier alpha value is -0.810. The van der Waals surface area contributed by atoms with Gasteiger partial charge in [-0.3, -0.25) is 9.80 Å². The Balaban J connectivity index is 1.37. The lowest BCUT2D eigenvalue weighted by atomic mass is 10.2. The van der Waals surface area contributed by atoms with Crippen LogP contribution in [0.4, 0.5) is 5.69 Å². The zero-order valence-corrected chi connectivity index (χ0v) is 13.9. The second-order valence-corrected chi connectivity index (χ2v) is 6.75. The van der Waals surface area contributed by atoms with Crippen LogP contribution >= 0.6 is 11.6 Å². The SMILES string of the molecule is OC1CCCN1CCCN1CCN(c2ccc(Cl)cc2)CC1. The minimum absolute atomic E-state index is 0.193. The predicted molar refractivity (Wildman–Crippen MR) is 91.5 cm³/mol. The lowest BCUT2D eigenvalue weighted by molar-refractivity contribution is 0.0356. The van der Waals surface area contributed by atoms with Gasteiger partial charge >= 0.3 is 0 Å². The molecule has 1 aromatic rings. The molecule has 0 amide bonds. The van der Waals surface area contributed by atoms with Crippen LogP contribution in [0.1, 0.15) is 19.3 Å². The second-order valence-electron chi connectivity index (χ2n) is 6.32. The van der Waals surface area contributed by atoms with E-state index in [9.17, 15) is 5.11 Å². The van der Waals surface area contributed by atoms with Crippen LogP contribution in [0.25, 0.3) is 0 Å². The summed E-state index contributed by atoms with van der Waals surface area (Å²) in [5.74, 6) is 0. The smallest absolute Gasteiger partial charge is 0.107 e. The minimum atomic E-state index is -0.193. The second kappa shape index (κ2) is 7.64. The lowest BCUT2D eigenvalue weighted by Crippen LogP contribution is -2.47. The van der Waals surface area contributed by atoms with Crippen molar-refractivity contribution >= 4 is 17.3 Å². The van der Waals surface area contributed by atoms with Gasteiger partial charge in [-0.05, 0) is 50.1 Å². The summed E-state index contributed by atoms with van der Waals surface area (Å²) in [5, 5.41) is 10.6. The fraction of sp³-hybridized carbons (Fsp3) is 0.647. The van der Waals surface area contributed by atoms with Crippen LogP contribution in [-0.4, -0.2) is 66.9 Å². The normalized spacial score (nSPS) is 24.1. The molecule has 0 aromatic heterocycles. The number of rotatable bonds is 5. The van der Waals surface area contributed by atoms with E-state index in [1.807, 2.05) is 12.1 Å². The maximum atomic E-state index is 9.80. The quantitative estimate of drug-likeness (QED) is 0.900. The number of nitrogens with zero attached hydrogens (tertiary/aromatic N) is 3. The number of benzene rings is 1. The Labute approximate surface area is 138 Å². The van der Waals surface area contributed by atoms with Gasteiger partial charge in [0.15, 0.2) is 0 Å². The summed E-state index contributed by atoms with van der Waals surface area (Å²) >= 11 is 5.95. The molecule has 0 saturated carbocycles. The van der Waals surface area contributed by atoms with Gasteiger partial charge in [0.25, 0.3) is 0 Å². The van der Waals surface area contributed by atoms with Crippen molar-refractivity contribution in [1.82, 2.24) is 9.80 Å². The van der Waals surface area contributed by atoms with Crippen LogP contribution in [0, 0.1) is 0 Å². The Bertz CT molecular complexity index is 459. The summed E-state index contributed by atoms with van der Waals surface area (Å²) in [6, 6.07) is 8.13. The average Bonchev–Trinajstić information content (AvgIpc) is 2.94. The largest absolute Gasteiger partial charge is 0.378 e. The van der Waals surface area contributed by atoms with E-state index in [4.69, 9.17) is 11.6 Å². The Morgan fingerprint density at radius 2 is 1.73 bits per heavy atom. The van der Waals surface area contributed by atoms with Crippen LogP contribution in [0.2, 0.25) is 5.02 Å². The average molecular weight is 324 g/mol. The molecule has 1 atom stereocenters. The Kier molecular flexibility index (Phi) is 5.58. The molecule has 2 aliphatic heterocycles. The number of aliphatic hydroxyl groups excluding tert-OH is 1. The fourth-order valence-electron chi connectivity index (χ4n) is 3.45. The molecule has 1 N–H and O–H groups in total. The molecule has 1 aromatic carbocycles. The van der Waals surface area contributed by atoms with Gasteiger partial charge in [0.1, 0.15) is 6.23 Å². The molecule has 2 fully saturated rings. The highest BCUT2D eigenvalue weighted by atomic mass is 35.5. The Morgan fingerprint density at radius 1 is 1.00 bits per heavy atom. The summed E-state index contributed by atoms with van der Waals surface area (Å²) in [4.78, 5) is 7.18. The van der Waals surface area contributed by atoms with Gasteiger partial charge in [-0.2, -0.15) is 0 Å². The van der Waals surface area contributed by atoms with Gasteiger partial charge in [0.2, 0.25) is 0 Å². The molecule has 0 radical (unpaired) electrons. The number of anilines is 1. The molecule has 0 aliphatic carbocycles. The van der Waals surface area contributed by atoms with Crippen molar-refractivity contribution in [2.24, 2.45) is 0 Å². The van der Waals surface area contributed by atoms with Gasteiger partial charge in [-0.1, -0.05) is 11.6 Å². The van der Waals surface area contributed by atoms with Crippen molar-refractivity contribution in [3.63, 3.8) is 0 Å². The van der Waals surface area contributed by atoms with Gasteiger partial charge < -0.3 is 10.0 Å². The molecule has 0 spiro atoms. The first kappa shape index (κ1) is 16.1. The highest BCUT2D eigenvalue weighted by Gasteiger charge is 2.22. The third kappa shape index (κ3) is 4.13. The van der Waals surface area contributed by atoms with E-state index in [2.05, 4.69) is 26.8 Å². The molecular formula is C17H26ClN3O. The highest BCUT2D eigenvalue weighted by Crippen LogP contribution is 2.19. The third-order valence-electron chi connectivity index (χ3n) is 4.81. The number of aliphatic hydroxyl groups is 1. The molecule has 4 nitrogen and oxygen atoms in total. The maximum absolute atomic E-state index is 9.80. The first-order valence-corrected chi connectivity index (χ1v) is 8.75. The third-order valence-corrected chi connectivity index (χ3v) is 5.06. The summed E-state index contributed by atoms with van der Waals surface area (Å²) in [6.07, 6.45) is 3.04. The summed E-state index contributed by atoms with van der Waals surface area (Å²) in [7, 11) is 0. The van der Waals surface area contributed by atoms with Crippen molar-refractivity contribution in [3.05, 3.63) is 29.3 Å². The molecule has 0 bridgehead atoms. The molecule has 1 unspecified atom stereocenters. The number of likely N-dealkylation sites (tertiary alicyclic amines) is 1. The molecule has 5 heteroatoms. The topological polar surface area (TPSA) is 30.0 Å². The molecular weight excluding hydrogens is 298 g/mol. The molecule has 2 saturated heterocycles. The van der Waals surface area contributed by atoms with Gasteiger partial charge in [0.05, 0.1) is 0 Å². The maximum Gasteiger partial charge on any atom is 0.107 e. The van der Waals surface area contributed by atoms with Gasteiger partial charge in [0, 0.05) is 50.0 Å². The van der Waals surface area contributed by atoms with E-state index < -0.39 is 0 Å². The molecule has 122 valence electrons. The molecule has 2 heterocycles. The van der Waals surface area contributed by atoms with E-state index in [0.29, 0.717) is 0 Å². The minimum Gasteiger partial charge on any atom is -0.378 e. The van der Waals surface area contributed by atoms with Gasteiger partial charge in [-0.25, -0.2) is 0 Å². The monoisotopic (exact) mass is 323 g/mol. The van der Waals surface area contributed by atoms with Crippen molar-refractivity contribution in [1.29, 1.82) is 0 Å². The zero-order valence-electron chi connectivity index (χ0n) is 13.1. The first-order valence-electron chi connectivity index (χ1n) is 8.37. The number of hydrogen-bond donors (Lipinski definition) is 1. The fourth-order valence-corrected chi connectivity index (χ4v) is 3.57.